The maximum Gasteiger partial charge on any atom is 0.404 e. The molecule has 0 saturated carbocycles. The van der Waals surface area contributed by atoms with E-state index in [1.165, 1.54) is 11.1 Å². The Morgan fingerprint density at radius 2 is 1.28 bits per heavy atom. The molecule has 2 aromatic carbocycles. The Labute approximate surface area is 217 Å². The van der Waals surface area contributed by atoms with Crippen LogP contribution in [-0.4, -0.2) is 37.5 Å². The number of carbonyl (C=O) groups is 1. The Bertz CT molecular complexity index is 1030. The molecule has 0 spiro atoms. The molecule has 4 N–H and O–H groups in total. The van der Waals surface area contributed by atoms with E-state index in [0.717, 1.165) is 40.2 Å². The third-order valence-electron chi connectivity index (χ3n) is 6.25. The fourth-order valence-corrected chi connectivity index (χ4v) is 4.14. The van der Waals surface area contributed by atoms with Crippen LogP contribution in [0.5, 0.6) is 11.5 Å². The zero-order chi connectivity index (χ0) is 27.1. The number of amides is 1. The predicted octanol–water partition coefficient (Wildman–Crippen LogP) is 6.25. The predicted molar refractivity (Wildman–Crippen MR) is 148 cm³/mol. The van der Waals surface area contributed by atoms with Gasteiger partial charge in [-0.15, -0.1) is 0 Å². The van der Waals surface area contributed by atoms with E-state index in [9.17, 15) is 4.79 Å². The van der Waals surface area contributed by atoms with Crippen LogP contribution in [0.2, 0.25) is 0 Å². The van der Waals surface area contributed by atoms with Crippen molar-refractivity contribution in [1.82, 2.24) is 5.32 Å². The molecule has 0 saturated heterocycles. The number of benzene rings is 2. The molecule has 36 heavy (non-hydrogen) atoms. The molecule has 0 aromatic heterocycles. The van der Waals surface area contributed by atoms with Gasteiger partial charge in [0.05, 0.1) is 13.2 Å². The van der Waals surface area contributed by atoms with Crippen molar-refractivity contribution in [3.63, 3.8) is 0 Å². The summed E-state index contributed by atoms with van der Waals surface area (Å²) in [6, 6.07) is 8.94. The van der Waals surface area contributed by atoms with Crippen LogP contribution in [-0.2, 0) is 17.3 Å². The molecule has 0 heterocycles. The highest BCUT2D eigenvalue weighted by Gasteiger charge is 2.22. The van der Waals surface area contributed by atoms with Crippen molar-refractivity contribution in [2.24, 2.45) is 5.73 Å². The van der Waals surface area contributed by atoms with E-state index in [1.54, 1.807) is 0 Å². The average molecular weight is 499 g/mol. The van der Waals surface area contributed by atoms with Gasteiger partial charge in [-0.1, -0.05) is 65.8 Å². The fraction of sp³-hybridized carbons (Fsp3) is 0.567. The van der Waals surface area contributed by atoms with E-state index < -0.39 is 6.09 Å². The van der Waals surface area contributed by atoms with Gasteiger partial charge in [0.25, 0.3) is 0 Å². The Morgan fingerprint density at radius 1 is 0.833 bits per heavy atom. The molecule has 2 rings (SSSR count). The highest BCUT2D eigenvalue weighted by atomic mass is 16.5. The van der Waals surface area contributed by atoms with E-state index in [0.29, 0.717) is 39.1 Å². The van der Waals surface area contributed by atoms with Gasteiger partial charge >= 0.3 is 6.09 Å². The van der Waals surface area contributed by atoms with Crippen molar-refractivity contribution in [2.45, 2.75) is 85.5 Å². The SMILES string of the molecule is Cc1cc(C(C)(C)C)cc(Cc2cc(C(C)(C)C)cc(C)c2OCCCNC(=O)O)c1OCCCN. The van der Waals surface area contributed by atoms with Gasteiger partial charge in [-0.3, -0.25) is 0 Å². The van der Waals surface area contributed by atoms with Gasteiger partial charge in [0, 0.05) is 13.0 Å². The third kappa shape index (κ3) is 8.44. The van der Waals surface area contributed by atoms with Crippen LogP contribution < -0.4 is 20.5 Å². The van der Waals surface area contributed by atoms with Gasteiger partial charge < -0.3 is 25.6 Å². The first-order valence-corrected chi connectivity index (χ1v) is 12.9. The summed E-state index contributed by atoms with van der Waals surface area (Å²) in [4.78, 5) is 10.8. The topological polar surface area (TPSA) is 93.8 Å². The summed E-state index contributed by atoms with van der Waals surface area (Å²) in [5.74, 6) is 1.79. The van der Waals surface area contributed by atoms with E-state index in [2.05, 4.69) is 85.0 Å². The Morgan fingerprint density at radius 3 is 1.67 bits per heavy atom. The van der Waals surface area contributed by atoms with Crippen LogP contribution in [0, 0.1) is 13.8 Å². The van der Waals surface area contributed by atoms with Gasteiger partial charge in [-0.2, -0.15) is 0 Å². The highest BCUT2D eigenvalue weighted by Crippen LogP contribution is 2.37. The van der Waals surface area contributed by atoms with Crippen LogP contribution >= 0.6 is 0 Å². The zero-order valence-electron chi connectivity index (χ0n) is 23.5. The first-order valence-electron chi connectivity index (χ1n) is 12.9. The minimum atomic E-state index is -1.02. The number of nitrogens with one attached hydrogen (secondary N) is 1. The number of hydrogen-bond donors (Lipinski definition) is 3. The lowest BCUT2D eigenvalue weighted by Gasteiger charge is -2.26. The molecule has 0 bridgehead atoms. The Balaban J connectivity index is 2.52. The third-order valence-corrected chi connectivity index (χ3v) is 6.25. The van der Waals surface area contributed by atoms with E-state index in [4.69, 9.17) is 20.3 Å². The lowest BCUT2D eigenvalue weighted by Crippen LogP contribution is -2.23. The monoisotopic (exact) mass is 498 g/mol. The lowest BCUT2D eigenvalue weighted by molar-refractivity contribution is 0.193. The standard InChI is InChI=1S/C30H46N2O4/c1-20-15-24(29(3,4)5)18-22(26(20)35-13-9-11-31)17-23-19-25(30(6,7)8)16-21(2)27(23)36-14-10-12-32-28(33)34/h15-16,18-19,32H,9-14,17,31H2,1-8H3,(H,33,34). The largest absolute Gasteiger partial charge is 0.493 e. The quantitative estimate of drug-likeness (QED) is 0.318. The number of hydrogen-bond acceptors (Lipinski definition) is 4. The minimum absolute atomic E-state index is 0.00687. The molecule has 0 aliphatic heterocycles. The summed E-state index contributed by atoms with van der Waals surface area (Å²) in [7, 11) is 0. The summed E-state index contributed by atoms with van der Waals surface area (Å²) < 4.78 is 12.5. The van der Waals surface area contributed by atoms with Crippen molar-refractivity contribution in [2.75, 3.05) is 26.3 Å². The van der Waals surface area contributed by atoms with Crippen LogP contribution in [0.4, 0.5) is 4.79 Å². The number of ether oxygens (including phenoxy) is 2. The number of nitrogens with two attached hydrogens (primary N) is 1. The molecular formula is C30H46N2O4. The molecule has 200 valence electrons. The zero-order valence-corrected chi connectivity index (χ0v) is 23.5. The summed E-state index contributed by atoms with van der Waals surface area (Å²) in [5.41, 5.74) is 12.7. The minimum Gasteiger partial charge on any atom is -0.493 e. The molecule has 0 aliphatic carbocycles. The first-order chi connectivity index (χ1) is 16.7. The van der Waals surface area contributed by atoms with Crippen molar-refractivity contribution >= 4 is 6.09 Å². The normalized spacial score (nSPS) is 11.9. The maximum absolute atomic E-state index is 10.8. The summed E-state index contributed by atoms with van der Waals surface area (Å²) >= 11 is 0. The van der Waals surface area contributed by atoms with Gasteiger partial charge in [0.2, 0.25) is 0 Å². The molecule has 0 atom stereocenters. The van der Waals surface area contributed by atoms with Gasteiger partial charge in [-0.05, 0) is 77.4 Å². The molecule has 0 unspecified atom stereocenters. The Hall–Kier alpha value is -2.73. The molecule has 0 radical (unpaired) electrons. The maximum atomic E-state index is 10.8. The molecule has 6 heteroatoms. The molecular weight excluding hydrogens is 452 g/mol. The molecule has 0 aliphatic rings. The fourth-order valence-electron chi connectivity index (χ4n) is 4.14. The van der Waals surface area contributed by atoms with Crippen LogP contribution in [0.15, 0.2) is 24.3 Å². The Kier molecular flexibility index (Phi) is 10.2. The van der Waals surface area contributed by atoms with E-state index in [-0.39, 0.29) is 10.8 Å². The molecule has 6 nitrogen and oxygen atoms in total. The number of aryl methyl sites for hydroxylation is 2. The highest BCUT2D eigenvalue weighted by molar-refractivity contribution is 5.64. The number of rotatable bonds is 11. The van der Waals surface area contributed by atoms with Crippen molar-refractivity contribution in [3.05, 3.63) is 57.6 Å². The molecule has 0 fully saturated rings. The van der Waals surface area contributed by atoms with E-state index in [1.807, 2.05) is 0 Å². The molecule has 1 amide bonds. The average Bonchev–Trinajstić information content (AvgIpc) is 2.75. The second-order valence-electron chi connectivity index (χ2n) is 11.7. The second-order valence-corrected chi connectivity index (χ2v) is 11.7. The number of carboxylic acid groups (broad SMARTS) is 1. The van der Waals surface area contributed by atoms with Crippen molar-refractivity contribution in [1.29, 1.82) is 0 Å². The van der Waals surface area contributed by atoms with Gasteiger partial charge in [0.15, 0.2) is 0 Å². The molecule has 2 aromatic rings. The summed E-state index contributed by atoms with van der Waals surface area (Å²) in [5, 5.41) is 11.2. The van der Waals surface area contributed by atoms with Crippen LogP contribution in [0.3, 0.4) is 0 Å². The van der Waals surface area contributed by atoms with Crippen LogP contribution in [0.1, 0.15) is 87.8 Å². The van der Waals surface area contributed by atoms with Gasteiger partial charge in [-0.25, -0.2) is 4.79 Å². The summed E-state index contributed by atoms with van der Waals surface area (Å²) in [6.45, 7) is 19.5. The summed E-state index contributed by atoms with van der Waals surface area (Å²) in [6.07, 6.45) is 1.06. The van der Waals surface area contributed by atoms with Crippen molar-refractivity contribution < 1.29 is 19.4 Å². The van der Waals surface area contributed by atoms with Crippen LogP contribution in [0.25, 0.3) is 0 Å². The lowest BCUT2D eigenvalue weighted by atomic mass is 9.82. The smallest absolute Gasteiger partial charge is 0.404 e. The van der Waals surface area contributed by atoms with E-state index >= 15 is 0 Å². The van der Waals surface area contributed by atoms with Crippen molar-refractivity contribution in [3.8, 4) is 11.5 Å². The second kappa shape index (κ2) is 12.5. The van der Waals surface area contributed by atoms with Gasteiger partial charge in [0.1, 0.15) is 11.5 Å². The first kappa shape index (κ1) is 29.5.